The van der Waals surface area contributed by atoms with Crippen molar-refractivity contribution in [2.45, 2.75) is 64.5 Å². The summed E-state index contributed by atoms with van der Waals surface area (Å²) < 4.78 is 30.6. The molecule has 2 unspecified atom stereocenters. The summed E-state index contributed by atoms with van der Waals surface area (Å²) in [6, 6.07) is 7.31. The Bertz CT molecular complexity index is 783. The van der Waals surface area contributed by atoms with Crippen LogP contribution in [0.5, 0.6) is 0 Å². The minimum absolute atomic E-state index is 0.183. The van der Waals surface area contributed by atoms with Crippen LogP contribution in [0.3, 0.4) is 0 Å². The number of halogens is 2. The second-order valence-corrected chi connectivity index (χ2v) is 8.21. The molecule has 0 bridgehead atoms. The van der Waals surface area contributed by atoms with E-state index in [-0.39, 0.29) is 5.92 Å². The van der Waals surface area contributed by atoms with Gasteiger partial charge in [-0.05, 0) is 62.0 Å². The molecule has 0 aromatic heterocycles. The summed E-state index contributed by atoms with van der Waals surface area (Å²) in [5.74, 6) is 0.191. The molecule has 0 heterocycles. The second kappa shape index (κ2) is 8.99. The van der Waals surface area contributed by atoms with Crippen LogP contribution in [0.1, 0.15) is 58.3 Å². The first kappa shape index (κ1) is 20.0. The van der Waals surface area contributed by atoms with Crippen molar-refractivity contribution in [2.24, 2.45) is 17.3 Å². The number of hydrogen-bond donors (Lipinski definition) is 0. The minimum atomic E-state index is -1.55. The first-order chi connectivity index (χ1) is 13.1. The second-order valence-electron chi connectivity index (χ2n) is 8.21. The van der Waals surface area contributed by atoms with E-state index in [0.29, 0.717) is 24.0 Å². The molecule has 1 fully saturated rings. The Morgan fingerprint density at radius 3 is 2.59 bits per heavy atom. The van der Waals surface area contributed by atoms with E-state index in [1.54, 1.807) is 12.1 Å². The lowest BCUT2D eigenvalue weighted by molar-refractivity contribution is 0.0839. The Morgan fingerprint density at radius 1 is 1.15 bits per heavy atom. The van der Waals surface area contributed by atoms with Crippen LogP contribution in [-0.4, -0.2) is 6.17 Å². The molecule has 1 aromatic rings. The molecule has 0 saturated heterocycles. The summed E-state index contributed by atoms with van der Waals surface area (Å²) in [7, 11) is 0. The zero-order valence-corrected chi connectivity index (χ0v) is 16.5. The highest BCUT2D eigenvalue weighted by molar-refractivity contribution is 5.55. The molecular weight excluding hydrogens is 338 g/mol. The Kier molecular flexibility index (Phi) is 6.68. The Morgan fingerprint density at radius 2 is 1.89 bits per heavy atom. The molecule has 2 heteroatoms. The normalized spacial score (nSPS) is 30.8. The van der Waals surface area contributed by atoms with Crippen LogP contribution in [0.15, 0.2) is 49.1 Å². The van der Waals surface area contributed by atoms with E-state index in [0.717, 1.165) is 37.3 Å². The van der Waals surface area contributed by atoms with Crippen molar-refractivity contribution in [3.63, 3.8) is 0 Å². The predicted octanol–water partition coefficient (Wildman–Crippen LogP) is 6.01. The SMILES string of the molecule is C=CCCC1(C2CCC(/C=C/CCC)CC2)C=c2ccccc2=C(F)C1F. The van der Waals surface area contributed by atoms with Gasteiger partial charge in [-0.3, -0.25) is 0 Å². The number of hydrogen-bond acceptors (Lipinski definition) is 0. The molecule has 0 N–H and O–H groups in total. The van der Waals surface area contributed by atoms with Crippen LogP contribution in [0.4, 0.5) is 8.78 Å². The molecule has 0 aliphatic heterocycles. The van der Waals surface area contributed by atoms with Crippen molar-refractivity contribution >= 4 is 11.9 Å². The average Bonchev–Trinajstić information content (AvgIpc) is 2.70. The van der Waals surface area contributed by atoms with Crippen molar-refractivity contribution < 1.29 is 8.78 Å². The van der Waals surface area contributed by atoms with Crippen LogP contribution in [0, 0.1) is 17.3 Å². The van der Waals surface area contributed by atoms with Crippen molar-refractivity contribution in [3.8, 4) is 0 Å². The van der Waals surface area contributed by atoms with Gasteiger partial charge in [0.25, 0.3) is 0 Å². The largest absolute Gasteiger partial charge is 0.239 e. The third kappa shape index (κ3) is 4.10. The number of alkyl halides is 1. The van der Waals surface area contributed by atoms with Crippen LogP contribution < -0.4 is 10.4 Å². The summed E-state index contributed by atoms with van der Waals surface area (Å²) in [6.45, 7) is 6.01. The average molecular weight is 371 g/mol. The van der Waals surface area contributed by atoms with Crippen molar-refractivity contribution in [3.05, 3.63) is 59.5 Å². The van der Waals surface area contributed by atoms with Gasteiger partial charge in [0.1, 0.15) is 5.83 Å². The van der Waals surface area contributed by atoms with Crippen LogP contribution in [0.25, 0.3) is 11.9 Å². The van der Waals surface area contributed by atoms with Gasteiger partial charge < -0.3 is 0 Å². The number of rotatable bonds is 7. The lowest BCUT2D eigenvalue weighted by Gasteiger charge is -2.45. The van der Waals surface area contributed by atoms with E-state index >= 15 is 8.78 Å². The number of unbranched alkanes of at least 4 members (excludes halogenated alkanes) is 1. The van der Waals surface area contributed by atoms with E-state index < -0.39 is 17.4 Å². The molecule has 1 saturated carbocycles. The number of benzene rings is 1. The Hall–Kier alpha value is -1.70. The summed E-state index contributed by atoms with van der Waals surface area (Å²) in [5, 5.41) is 1.27. The van der Waals surface area contributed by atoms with E-state index in [9.17, 15) is 0 Å². The zero-order valence-electron chi connectivity index (χ0n) is 16.5. The first-order valence-corrected chi connectivity index (χ1v) is 10.5. The summed E-state index contributed by atoms with van der Waals surface area (Å²) in [5.41, 5.74) is -0.745. The molecule has 146 valence electrons. The maximum Gasteiger partial charge on any atom is 0.161 e. The van der Waals surface area contributed by atoms with Crippen LogP contribution in [0.2, 0.25) is 0 Å². The number of allylic oxidation sites excluding steroid dienone is 3. The van der Waals surface area contributed by atoms with Gasteiger partial charge in [-0.2, -0.15) is 0 Å². The van der Waals surface area contributed by atoms with E-state index in [1.165, 1.54) is 6.42 Å². The molecule has 0 spiro atoms. The van der Waals surface area contributed by atoms with Crippen molar-refractivity contribution in [2.75, 3.05) is 0 Å². The van der Waals surface area contributed by atoms with Gasteiger partial charge in [0, 0.05) is 10.6 Å². The third-order valence-electron chi connectivity index (χ3n) is 6.51. The molecule has 2 atom stereocenters. The minimum Gasteiger partial charge on any atom is -0.239 e. The fraction of sp³-hybridized carbons (Fsp3) is 0.520. The number of fused-ring (bicyclic) bond motifs is 1. The van der Waals surface area contributed by atoms with Gasteiger partial charge in [-0.15, -0.1) is 6.58 Å². The smallest absolute Gasteiger partial charge is 0.161 e. The highest BCUT2D eigenvalue weighted by atomic mass is 19.2. The topological polar surface area (TPSA) is 0 Å². The van der Waals surface area contributed by atoms with E-state index in [4.69, 9.17) is 0 Å². The molecule has 0 amide bonds. The van der Waals surface area contributed by atoms with Gasteiger partial charge in [-0.1, -0.05) is 61.9 Å². The predicted molar refractivity (Wildman–Crippen MR) is 111 cm³/mol. The fourth-order valence-corrected chi connectivity index (χ4v) is 4.96. The molecular formula is C25H32F2. The van der Waals surface area contributed by atoms with Crippen molar-refractivity contribution in [1.82, 2.24) is 0 Å². The Balaban J connectivity index is 1.89. The molecule has 2 aliphatic rings. The van der Waals surface area contributed by atoms with Crippen molar-refractivity contribution in [1.29, 1.82) is 0 Å². The van der Waals surface area contributed by atoms with Crippen LogP contribution >= 0.6 is 0 Å². The highest BCUT2D eigenvalue weighted by Crippen LogP contribution is 2.51. The lowest BCUT2D eigenvalue weighted by atomic mass is 9.61. The molecule has 0 radical (unpaired) electrons. The standard InChI is InChI=1S/C25H32F2/c1-3-5-7-10-19-13-15-21(16-14-19)25(17-6-4-2)18-20-11-8-9-12-22(20)23(26)24(25)27/h4,7-12,18-19,21,24H,2-3,5-6,13-17H2,1H3/b10-7+. The van der Waals surface area contributed by atoms with E-state index in [1.807, 2.05) is 18.2 Å². The van der Waals surface area contributed by atoms with E-state index in [2.05, 4.69) is 31.7 Å². The molecule has 3 rings (SSSR count). The van der Waals surface area contributed by atoms with Gasteiger partial charge in [0.05, 0.1) is 0 Å². The zero-order chi connectivity index (χ0) is 19.3. The van der Waals surface area contributed by atoms with Gasteiger partial charge in [0.2, 0.25) is 0 Å². The van der Waals surface area contributed by atoms with Gasteiger partial charge >= 0.3 is 0 Å². The first-order valence-electron chi connectivity index (χ1n) is 10.5. The maximum absolute atomic E-state index is 15.5. The fourth-order valence-electron chi connectivity index (χ4n) is 4.96. The molecule has 2 aliphatic carbocycles. The monoisotopic (exact) mass is 370 g/mol. The summed E-state index contributed by atoms with van der Waals surface area (Å²) in [4.78, 5) is 0. The molecule has 0 nitrogen and oxygen atoms in total. The molecule has 27 heavy (non-hydrogen) atoms. The maximum atomic E-state index is 15.5. The third-order valence-corrected chi connectivity index (χ3v) is 6.51. The Labute approximate surface area is 162 Å². The molecule has 1 aromatic carbocycles. The highest BCUT2D eigenvalue weighted by Gasteiger charge is 2.48. The summed E-state index contributed by atoms with van der Waals surface area (Å²) >= 11 is 0. The van der Waals surface area contributed by atoms with Gasteiger partial charge in [-0.25, -0.2) is 8.78 Å². The quantitative estimate of drug-likeness (QED) is 0.516. The van der Waals surface area contributed by atoms with Gasteiger partial charge in [0.15, 0.2) is 6.17 Å². The lowest BCUT2D eigenvalue weighted by Crippen LogP contribution is -2.48. The van der Waals surface area contributed by atoms with Crippen LogP contribution in [-0.2, 0) is 0 Å². The summed E-state index contributed by atoms with van der Waals surface area (Å²) in [6.07, 6.45) is 14.7.